The number of aliphatic hydroxyl groups excluding tert-OH is 1. The van der Waals surface area contributed by atoms with Crippen molar-refractivity contribution in [2.75, 3.05) is 25.5 Å². The Balaban J connectivity index is 1.94. The molecule has 0 aromatic heterocycles. The molecule has 0 radical (unpaired) electrons. The Bertz CT molecular complexity index is 573. The fourth-order valence-corrected chi connectivity index (χ4v) is 1.91. The Hall–Kier alpha value is -2.11. The van der Waals surface area contributed by atoms with Crippen LogP contribution < -0.4 is 10.1 Å². The second kappa shape index (κ2) is 7.61. The van der Waals surface area contributed by atoms with Gasteiger partial charge in [0.05, 0.1) is 6.61 Å². The minimum Gasteiger partial charge on any atom is -0.457 e. The van der Waals surface area contributed by atoms with Crippen molar-refractivity contribution >= 4 is 23.0 Å². The first-order valence-electron chi connectivity index (χ1n) is 6.65. The first-order chi connectivity index (χ1) is 10.2. The highest BCUT2D eigenvalue weighted by Crippen LogP contribution is 2.22. The Labute approximate surface area is 130 Å². The van der Waals surface area contributed by atoms with E-state index in [4.69, 9.17) is 22.1 Å². The number of para-hydroxylation sites is 1. The Kier molecular flexibility index (Phi) is 5.54. The number of anilines is 1. The largest absolute Gasteiger partial charge is 0.457 e. The van der Waals surface area contributed by atoms with Crippen molar-refractivity contribution in [3.8, 4) is 11.5 Å². The number of nitrogens with zero attached hydrogens (tertiary/aromatic N) is 1. The summed E-state index contributed by atoms with van der Waals surface area (Å²) in [4.78, 5) is 1.78. The van der Waals surface area contributed by atoms with E-state index in [1.54, 1.807) is 4.90 Å². The van der Waals surface area contributed by atoms with Crippen LogP contribution >= 0.6 is 12.2 Å². The van der Waals surface area contributed by atoms with Crippen LogP contribution in [0.1, 0.15) is 0 Å². The third kappa shape index (κ3) is 4.73. The Morgan fingerprint density at radius 3 is 2.33 bits per heavy atom. The van der Waals surface area contributed by atoms with E-state index >= 15 is 0 Å². The van der Waals surface area contributed by atoms with Crippen LogP contribution in [0.2, 0.25) is 0 Å². The number of likely N-dealkylation sites (N-methyl/N-ethyl adjacent to an activating group) is 1. The van der Waals surface area contributed by atoms with Gasteiger partial charge in [-0.2, -0.15) is 0 Å². The lowest BCUT2D eigenvalue weighted by Gasteiger charge is -2.19. The fourth-order valence-electron chi connectivity index (χ4n) is 1.70. The van der Waals surface area contributed by atoms with Crippen molar-refractivity contribution in [3.63, 3.8) is 0 Å². The average Bonchev–Trinajstić information content (AvgIpc) is 2.50. The summed E-state index contributed by atoms with van der Waals surface area (Å²) in [7, 11) is 1.83. The molecular weight excluding hydrogens is 284 g/mol. The van der Waals surface area contributed by atoms with Crippen LogP contribution in [0.25, 0.3) is 0 Å². The average molecular weight is 302 g/mol. The van der Waals surface area contributed by atoms with E-state index in [-0.39, 0.29) is 6.61 Å². The fraction of sp³-hybridized carbons (Fsp3) is 0.188. The maximum absolute atomic E-state index is 8.88. The molecule has 0 aliphatic rings. The van der Waals surface area contributed by atoms with Gasteiger partial charge in [0.25, 0.3) is 0 Å². The summed E-state index contributed by atoms with van der Waals surface area (Å²) < 4.78 is 5.72. The summed E-state index contributed by atoms with van der Waals surface area (Å²) in [6.07, 6.45) is 0. The van der Waals surface area contributed by atoms with Gasteiger partial charge in [-0.3, -0.25) is 0 Å². The molecule has 0 heterocycles. The topological polar surface area (TPSA) is 44.7 Å². The highest BCUT2D eigenvalue weighted by Gasteiger charge is 2.04. The molecule has 110 valence electrons. The quantitative estimate of drug-likeness (QED) is 0.831. The predicted molar refractivity (Wildman–Crippen MR) is 88.9 cm³/mol. The van der Waals surface area contributed by atoms with Gasteiger partial charge in [-0.15, -0.1) is 0 Å². The van der Waals surface area contributed by atoms with E-state index < -0.39 is 0 Å². The number of ether oxygens (including phenoxy) is 1. The maximum Gasteiger partial charge on any atom is 0.173 e. The molecule has 2 rings (SSSR count). The van der Waals surface area contributed by atoms with Crippen molar-refractivity contribution in [1.82, 2.24) is 4.90 Å². The molecule has 2 N–H and O–H groups in total. The van der Waals surface area contributed by atoms with Crippen LogP contribution in [0.3, 0.4) is 0 Å². The van der Waals surface area contributed by atoms with E-state index in [2.05, 4.69) is 5.32 Å². The van der Waals surface area contributed by atoms with Crippen molar-refractivity contribution in [2.24, 2.45) is 0 Å². The maximum atomic E-state index is 8.88. The van der Waals surface area contributed by atoms with Crippen LogP contribution in [-0.4, -0.2) is 35.3 Å². The van der Waals surface area contributed by atoms with Crippen LogP contribution in [0.5, 0.6) is 11.5 Å². The van der Waals surface area contributed by atoms with Crippen LogP contribution in [0.15, 0.2) is 54.6 Å². The van der Waals surface area contributed by atoms with Crippen LogP contribution in [-0.2, 0) is 0 Å². The van der Waals surface area contributed by atoms with Gasteiger partial charge in [0, 0.05) is 19.3 Å². The molecular formula is C16H18N2O2S. The van der Waals surface area contributed by atoms with Gasteiger partial charge in [-0.1, -0.05) is 18.2 Å². The van der Waals surface area contributed by atoms with E-state index in [1.165, 1.54) is 0 Å². The van der Waals surface area contributed by atoms with E-state index in [0.717, 1.165) is 17.2 Å². The number of nitrogens with one attached hydrogen (secondary N) is 1. The molecule has 0 saturated carbocycles. The normalized spacial score (nSPS) is 10.0. The molecule has 0 aliphatic carbocycles. The molecule has 0 aliphatic heterocycles. The minimum absolute atomic E-state index is 0.0716. The van der Waals surface area contributed by atoms with Gasteiger partial charge < -0.3 is 20.1 Å². The standard InChI is InChI=1S/C16H18N2O2S/c1-18(11-12-19)16(21)17-13-7-9-15(10-8-13)20-14-5-3-2-4-6-14/h2-10,19H,11-12H2,1H3,(H,17,21). The molecule has 4 nitrogen and oxygen atoms in total. The number of rotatable bonds is 5. The zero-order chi connectivity index (χ0) is 15.1. The van der Waals surface area contributed by atoms with Gasteiger partial charge in [0.1, 0.15) is 11.5 Å². The van der Waals surface area contributed by atoms with E-state index in [0.29, 0.717) is 11.7 Å². The van der Waals surface area contributed by atoms with Crippen molar-refractivity contribution in [1.29, 1.82) is 0 Å². The van der Waals surface area contributed by atoms with Gasteiger partial charge in [-0.25, -0.2) is 0 Å². The summed E-state index contributed by atoms with van der Waals surface area (Å²) >= 11 is 5.23. The number of benzene rings is 2. The summed E-state index contributed by atoms with van der Waals surface area (Å²) in [5, 5.41) is 12.6. The molecule has 0 fully saturated rings. The van der Waals surface area contributed by atoms with E-state index in [1.807, 2.05) is 61.6 Å². The zero-order valence-electron chi connectivity index (χ0n) is 11.8. The monoisotopic (exact) mass is 302 g/mol. The number of hydrogen-bond donors (Lipinski definition) is 2. The Morgan fingerprint density at radius 1 is 1.10 bits per heavy atom. The van der Waals surface area contributed by atoms with Crippen molar-refractivity contribution in [3.05, 3.63) is 54.6 Å². The molecule has 21 heavy (non-hydrogen) atoms. The second-order valence-electron chi connectivity index (χ2n) is 4.51. The first kappa shape index (κ1) is 15.3. The highest BCUT2D eigenvalue weighted by atomic mass is 32.1. The third-order valence-electron chi connectivity index (χ3n) is 2.87. The predicted octanol–water partition coefficient (Wildman–Crippen LogP) is 3.10. The van der Waals surface area contributed by atoms with Crippen molar-refractivity contribution in [2.45, 2.75) is 0 Å². The summed E-state index contributed by atoms with van der Waals surface area (Å²) in [6, 6.07) is 17.2. The van der Waals surface area contributed by atoms with Crippen LogP contribution in [0, 0.1) is 0 Å². The first-order valence-corrected chi connectivity index (χ1v) is 7.06. The van der Waals surface area contributed by atoms with Gasteiger partial charge in [0.2, 0.25) is 0 Å². The number of aliphatic hydroxyl groups is 1. The molecule has 0 saturated heterocycles. The SMILES string of the molecule is CN(CCO)C(=S)Nc1ccc(Oc2ccccc2)cc1. The molecule has 0 bridgehead atoms. The smallest absolute Gasteiger partial charge is 0.173 e. The van der Waals surface area contributed by atoms with Gasteiger partial charge in [0.15, 0.2) is 5.11 Å². The Morgan fingerprint density at radius 2 is 1.71 bits per heavy atom. The molecule has 0 unspecified atom stereocenters. The van der Waals surface area contributed by atoms with Crippen molar-refractivity contribution < 1.29 is 9.84 Å². The lowest BCUT2D eigenvalue weighted by molar-refractivity contribution is 0.265. The molecule has 2 aromatic rings. The lowest BCUT2D eigenvalue weighted by atomic mass is 10.3. The molecule has 0 atom stereocenters. The van der Waals surface area contributed by atoms with E-state index in [9.17, 15) is 0 Å². The van der Waals surface area contributed by atoms with Gasteiger partial charge >= 0.3 is 0 Å². The summed E-state index contributed by atoms with van der Waals surface area (Å²) in [5.41, 5.74) is 0.880. The number of thiocarbonyl (C=S) groups is 1. The van der Waals surface area contributed by atoms with Gasteiger partial charge in [-0.05, 0) is 48.6 Å². The molecule has 2 aromatic carbocycles. The third-order valence-corrected chi connectivity index (χ3v) is 3.28. The highest BCUT2D eigenvalue weighted by molar-refractivity contribution is 7.80. The molecule has 5 heteroatoms. The molecule has 0 spiro atoms. The summed E-state index contributed by atoms with van der Waals surface area (Å²) in [6.45, 7) is 0.573. The zero-order valence-corrected chi connectivity index (χ0v) is 12.6. The lowest BCUT2D eigenvalue weighted by Crippen LogP contribution is -2.33. The minimum atomic E-state index is 0.0716. The number of hydrogen-bond acceptors (Lipinski definition) is 3. The summed E-state index contributed by atoms with van der Waals surface area (Å²) in [5.74, 6) is 1.57. The van der Waals surface area contributed by atoms with Crippen LogP contribution in [0.4, 0.5) is 5.69 Å². The molecule has 0 amide bonds. The second-order valence-corrected chi connectivity index (χ2v) is 4.90.